The zero-order chi connectivity index (χ0) is 15.4. The van der Waals surface area contributed by atoms with Crippen molar-refractivity contribution < 1.29 is 4.79 Å². The molecule has 1 heterocycles. The molecule has 0 atom stereocenters. The van der Waals surface area contributed by atoms with Crippen molar-refractivity contribution in [1.82, 2.24) is 14.7 Å². The number of benzene rings is 1. The molecule has 0 saturated heterocycles. The number of aromatic nitrogens is 2. The largest absolute Gasteiger partial charge is 0.345 e. The van der Waals surface area contributed by atoms with E-state index < -0.39 is 0 Å². The van der Waals surface area contributed by atoms with Crippen LogP contribution in [0.5, 0.6) is 0 Å². The Morgan fingerprint density at radius 3 is 2.62 bits per heavy atom. The number of aryl methyl sites for hydroxylation is 1. The Balaban J connectivity index is 2.46. The Bertz CT molecular complexity index is 683. The standard InChI is InChI=1S/C15H15ClN4O/c1-19(2)15(21)13-10-20(9-3-8-17)18-14(13)11-4-6-12(16)7-5-11/h4-7,10H,3,9H2,1-2H3. The molecule has 0 spiro atoms. The molecule has 108 valence electrons. The van der Waals surface area contributed by atoms with Gasteiger partial charge in [0.05, 0.1) is 24.6 Å². The first-order valence-electron chi connectivity index (χ1n) is 6.45. The molecule has 0 N–H and O–H groups in total. The highest BCUT2D eigenvalue weighted by Crippen LogP contribution is 2.24. The van der Waals surface area contributed by atoms with Crippen molar-refractivity contribution in [2.45, 2.75) is 13.0 Å². The Morgan fingerprint density at radius 1 is 1.38 bits per heavy atom. The van der Waals surface area contributed by atoms with Crippen molar-refractivity contribution >= 4 is 17.5 Å². The van der Waals surface area contributed by atoms with Crippen LogP contribution in [0.3, 0.4) is 0 Å². The number of halogens is 1. The lowest BCUT2D eigenvalue weighted by atomic mass is 10.1. The third-order valence-electron chi connectivity index (χ3n) is 2.97. The number of hydrogen-bond donors (Lipinski definition) is 0. The number of hydrogen-bond acceptors (Lipinski definition) is 3. The fraction of sp³-hybridized carbons (Fsp3) is 0.267. The summed E-state index contributed by atoms with van der Waals surface area (Å²) in [7, 11) is 3.39. The van der Waals surface area contributed by atoms with Gasteiger partial charge in [0.2, 0.25) is 0 Å². The third-order valence-corrected chi connectivity index (χ3v) is 3.22. The molecule has 1 aromatic carbocycles. The van der Waals surface area contributed by atoms with E-state index in [-0.39, 0.29) is 5.91 Å². The lowest BCUT2D eigenvalue weighted by Crippen LogP contribution is -2.21. The molecule has 1 aromatic heterocycles. The molecule has 0 aliphatic rings. The van der Waals surface area contributed by atoms with Gasteiger partial charge in [0.15, 0.2) is 0 Å². The van der Waals surface area contributed by atoms with E-state index in [4.69, 9.17) is 16.9 Å². The number of carbonyl (C=O) groups is 1. The Labute approximate surface area is 128 Å². The lowest BCUT2D eigenvalue weighted by Gasteiger charge is -2.09. The van der Waals surface area contributed by atoms with Crippen LogP contribution in [0.2, 0.25) is 5.02 Å². The molecule has 5 nitrogen and oxygen atoms in total. The van der Waals surface area contributed by atoms with Crippen molar-refractivity contribution in [2.75, 3.05) is 14.1 Å². The molecule has 2 rings (SSSR count). The maximum Gasteiger partial charge on any atom is 0.257 e. The van der Waals surface area contributed by atoms with E-state index in [9.17, 15) is 4.79 Å². The van der Waals surface area contributed by atoms with Gasteiger partial charge in [-0.05, 0) is 12.1 Å². The molecule has 1 amide bonds. The van der Waals surface area contributed by atoms with E-state index in [0.29, 0.717) is 29.2 Å². The minimum Gasteiger partial charge on any atom is -0.345 e. The fourth-order valence-corrected chi connectivity index (χ4v) is 2.04. The molecule has 0 fully saturated rings. The van der Waals surface area contributed by atoms with E-state index in [0.717, 1.165) is 5.56 Å². The first-order chi connectivity index (χ1) is 10.0. The second kappa shape index (κ2) is 6.42. The summed E-state index contributed by atoms with van der Waals surface area (Å²) in [4.78, 5) is 13.8. The minimum atomic E-state index is -0.122. The summed E-state index contributed by atoms with van der Waals surface area (Å²) in [5.41, 5.74) is 1.93. The van der Waals surface area contributed by atoms with Gasteiger partial charge < -0.3 is 4.90 Å². The van der Waals surface area contributed by atoms with E-state index >= 15 is 0 Å². The smallest absolute Gasteiger partial charge is 0.257 e. The molecule has 0 unspecified atom stereocenters. The Morgan fingerprint density at radius 2 is 2.05 bits per heavy atom. The topological polar surface area (TPSA) is 61.9 Å². The second-order valence-electron chi connectivity index (χ2n) is 4.77. The summed E-state index contributed by atoms with van der Waals surface area (Å²) >= 11 is 5.89. The molecule has 0 radical (unpaired) electrons. The number of amides is 1. The molecule has 0 saturated carbocycles. The molecule has 6 heteroatoms. The molecule has 2 aromatic rings. The molecular formula is C15H15ClN4O. The molecular weight excluding hydrogens is 288 g/mol. The van der Waals surface area contributed by atoms with Crippen molar-refractivity contribution in [2.24, 2.45) is 0 Å². The summed E-state index contributed by atoms with van der Waals surface area (Å²) in [5.74, 6) is -0.122. The average molecular weight is 303 g/mol. The summed E-state index contributed by atoms with van der Waals surface area (Å²) < 4.78 is 1.63. The highest BCUT2D eigenvalue weighted by Gasteiger charge is 2.19. The van der Waals surface area contributed by atoms with Crippen molar-refractivity contribution in [3.8, 4) is 17.3 Å². The quantitative estimate of drug-likeness (QED) is 0.872. The van der Waals surface area contributed by atoms with Gasteiger partial charge in [0.25, 0.3) is 5.91 Å². The zero-order valence-electron chi connectivity index (χ0n) is 11.9. The van der Waals surface area contributed by atoms with E-state index in [1.54, 1.807) is 37.1 Å². The van der Waals surface area contributed by atoms with Crippen LogP contribution < -0.4 is 0 Å². The minimum absolute atomic E-state index is 0.122. The van der Waals surface area contributed by atoms with Gasteiger partial charge in [-0.15, -0.1) is 0 Å². The van der Waals surface area contributed by atoms with Gasteiger partial charge in [-0.3, -0.25) is 9.48 Å². The van der Waals surface area contributed by atoms with Crippen LogP contribution in [0.4, 0.5) is 0 Å². The van der Waals surface area contributed by atoms with Gasteiger partial charge in [0.1, 0.15) is 5.69 Å². The Kier molecular flexibility index (Phi) is 4.61. The van der Waals surface area contributed by atoms with Crippen LogP contribution in [-0.2, 0) is 6.54 Å². The highest BCUT2D eigenvalue weighted by molar-refractivity contribution is 6.30. The molecule has 0 aliphatic heterocycles. The van der Waals surface area contributed by atoms with Gasteiger partial charge in [-0.25, -0.2) is 0 Å². The van der Waals surface area contributed by atoms with Crippen molar-refractivity contribution in [3.63, 3.8) is 0 Å². The van der Waals surface area contributed by atoms with Crippen LogP contribution >= 0.6 is 11.6 Å². The van der Waals surface area contributed by atoms with Gasteiger partial charge in [-0.1, -0.05) is 23.7 Å². The number of nitriles is 1. The summed E-state index contributed by atoms with van der Waals surface area (Å²) in [5, 5.41) is 13.7. The third kappa shape index (κ3) is 3.41. The van der Waals surface area contributed by atoms with Crippen LogP contribution in [0, 0.1) is 11.3 Å². The Hall–Kier alpha value is -2.32. The summed E-state index contributed by atoms with van der Waals surface area (Å²) in [6, 6.07) is 9.24. The fourth-order valence-electron chi connectivity index (χ4n) is 1.92. The average Bonchev–Trinajstić information content (AvgIpc) is 2.89. The molecule has 0 bridgehead atoms. The van der Waals surface area contributed by atoms with E-state index in [1.165, 1.54) is 4.90 Å². The predicted molar refractivity (Wildman–Crippen MR) is 80.9 cm³/mol. The predicted octanol–water partition coefficient (Wildman–Crippen LogP) is 2.82. The van der Waals surface area contributed by atoms with E-state index in [2.05, 4.69) is 11.2 Å². The summed E-state index contributed by atoms with van der Waals surface area (Å²) in [6.07, 6.45) is 2.03. The highest BCUT2D eigenvalue weighted by atomic mass is 35.5. The van der Waals surface area contributed by atoms with E-state index in [1.807, 2.05) is 12.1 Å². The first kappa shape index (κ1) is 15.1. The molecule has 21 heavy (non-hydrogen) atoms. The van der Waals surface area contributed by atoms with Crippen LogP contribution in [0.1, 0.15) is 16.8 Å². The molecule has 0 aliphatic carbocycles. The SMILES string of the molecule is CN(C)C(=O)c1cn(CCC#N)nc1-c1ccc(Cl)cc1. The summed E-state index contributed by atoms with van der Waals surface area (Å²) in [6.45, 7) is 0.456. The number of rotatable bonds is 4. The van der Waals surface area contributed by atoms with Gasteiger partial charge in [0, 0.05) is 30.9 Å². The van der Waals surface area contributed by atoms with Crippen LogP contribution in [0.15, 0.2) is 30.5 Å². The number of carbonyl (C=O) groups excluding carboxylic acids is 1. The monoisotopic (exact) mass is 302 g/mol. The lowest BCUT2D eigenvalue weighted by molar-refractivity contribution is 0.0828. The maximum atomic E-state index is 12.3. The van der Waals surface area contributed by atoms with Gasteiger partial charge >= 0.3 is 0 Å². The van der Waals surface area contributed by atoms with Crippen molar-refractivity contribution in [3.05, 3.63) is 41.0 Å². The van der Waals surface area contributed by atoms with Gasteiger partial charge in [-0.2, -0.15) is 10.4 Å². The maximum absolute atomic E-state index is 12.3. The number of nitrogens with zero attached hydrogens (tertiary/aromatic N) is 4. The second-order valence-corrected chi connectivity index (χ2v) is 5.21. The normalized spacial score (nSPS) is 10.2. The first-order valence-corrected chi connectivity index (χ1v) is 6.82. The van der Waals surface area contributed by atoms with Crippen LogP contribution in [-0.4, -0.2) is 34.7 Å². The zero-order valence-corrected chi connectivity index (χ0v) is 12.6. The van der Waals surface area contributed by atoms with Crippen LogP contribution in [0.25, 0.3) is 11.3 Å². The van der Waals surface area contributed by atoms with Crippen molar-refractivity contribution in [1.29, 1.82) is 5.26 Å².